The summed E-state index contributed by atoms with van der Waals surface area (Å²) in [6.07, 6.45) is 27.5. The second-order valence-electron chi connectivity index (χ2n) is 7.86. The Morgan fingerprint density at radius 2 is 0.750 bits per heavy atom. The zero-order valence-corrected chi connectivity index (χ0v) is 17.2. The fourth-order valence-corrected chi connectivity index (χ4v) is 3.49. The summed E-state index contributed by atoms with van der Waals surface area (Å²) in [4.78, 5) is 0. The second-order valence-corrected chi connectivity index (χ2v) is 7.86. The van der Waals surface area contributed by atoms with Gasteiger partial charge in [-0.25, -0.2) is 0 Å². The molecule has 0 spiro atoms. The quantitative estimate of drug-likeness (QED) is 0.221. The lowest BCUT2D eigenvalue weighted by atomic mass is 10.0. The van der Waals surface area contributed by atoms with Crippen LogP contribution in [-0.2, 0) is 0 Å². The monoisotopic (exact) mass is 340 g/mol. The van der Waals surface area contributed by atoms with Crippen molar-refractivity contribution in [2.24, 2.45) is 0 Å². The van der Waals surface area contributed by atoms with E-state index in [9.17, 15) is 5.11 Å². The minimum atomic E-state index is -0.0499. The maximum Gasteiger partial charge on any atom is 0.0537 e. The Kier molecular flexibility index (Phi) is 21.0. The Labute approximate surface area is 154 Å². The van der Waals surface area contributed by atoms with Crippen molar-refractivity contribution in [2.75, 3.05) is 0 Å². The van der Waals surface area contributed by atoms with E-state index >= 15 is 0 Å². The molecule has 0 aliphatic rings. The molecule has 1 atom stereocenters. The Bertz CT molecular complexity index is 214. The zero-order chi connectivity index (χ0) is 17.7. The van der Waals surface area contributed by atoms with Crippen LogP contribution in [0.2, 0.25) is 0 Å². The molecule has 146 valence electrons. The average Bonchev–Trinajstić information content (AvgIpc) is 2.60. The van der Waals surface area contributed by atoms with Crippen molar-refractivity contribution in [1.82, 2.24) is 0 Å². The molecule has 1 heteroatoms. The second kappa shape index (κ2) is 21.0. The minimum absolute atomic E-state index is 0.0499. The summed E-state index contributed by atoms with van der Waals surface area (Å²) in [5, 5.41) is 9.49. The number of unbranched alkanes of at least 4 members (excludes halogenated alkanes) is 17. The number of hydrogen-bond acceptors (Lipinski definition) is 1. The summed E-state index contributed by atoms with van der Waals surface area (Å²) < 4.78 is 0. The SMILES string of the molecule is CCCCCCCCCCCCCCCCCCCC[C@@H](O)CC. The molecule has 0 aromatic heterocycles. The molecular formula is C23H48O. The third kappa shape index (κ3) is 20.0. The molecule has 0 saturated heterocycles. The van der Waals surface area contributed by atoms with Gasteiger partial charge in [0, 0.05) is 0 Å². The highest BCUT2D eigenvalue weighted by Gasteiger charge is 1.99. The van der Waals surface area contributed by atoms with E-state index in [1.54, 1.807) is 0 Å². The lowest BCUT2D eigenvalue weighted by Crippen LogP contribution is -2.03. The van der Waals surface area contributed by atoms with Crippen LogP contribution in [0.15, 0.2) is 0 Å². The number of rotatable bonds is 20. The first kappa shape index (κ1) is 24.0. The van der Waals surface area contributed by atoms with Crippen molar-refractivity contribution < 1.29 is 5.11 Å². The van der Waals surface area contributed by atoms with Gasteiger partial charge in [0.1, 0.15) is 0 Å². The summed E-state index contributed by atoms with van der Waals surface area (Å²) in [6, 6.07) is 0. The molecule has 1 nitrogen and oxygen atoms in total. The van der Waals surface area contributed by atoms with E-state index in [2.05, 4.69) is 13.8 Å². The maximum atomic E-state index is 9.49. The van der Waals surface area contributed by atoms with Gasteiger partial charge in [0.2, 0.25) is 0 Å². The number of aliphatic hydroxyl groups excluding tert-OH is 1. The minimum Gasteiger partial charge on any atom is -0.393 e. The van der Waals surface area contributed by atoms with Crippen molar-refractivity contribution in [3.63, 3.8) is 0 Å². The molecule has 0 aliphatic carbocycles. The van der Waals surface area contributed by atoms with Gasteiger partial charge in [-0.15, -0.1) is 0 Å². The summed E-state index contributed by atoms with van der Waals surface area (Å²) in [5.74, 6) is 0. The lowest BCUT2D eigenvalue weighted by Gasteiger charge is -2.06. The van der Waals surface area contributed by atoms with E-state index < -0.39 is 0 Å². The van der Waals surface area contributed by atoms with Crippen LogP contribution in [0.5, 0.6) is 0 Å². The van der Waals surface area contributed by atoms with Crippen molar-refractivity contribution >= 4 is 0 Å². The van der Waals surface area contributed by atoms with E-state index in [0.29, 0.717) is 0 Å². The molecule has 0 aromatic rings. The molecule has 0 saturated carbocycles. The standard InChI is InChI=1S/C23H48O/c1-3-5-6-7-8-9-10-11-12-13-14-15-16-17-18-19-20-21-22-23(24)4-2/h23-24H,3-22H2,1-2H3/t23-/m0/s1. The average molecular weight is 341 g/mol. The summed E-state index contributed by atoms with van der Waals surface area (Å²) in [7, 11) is 0. The van der Waals surface area contributed by atoms with Crippen molar-refractivity contribution in [3.8, 4) is 0 Å². The van der Waals surface area contributed by atoms with Gasteiger partial charge in [-0.2, -0.15) is 0 Å². The summed E-state index contributed by atoms with van der Waals surface area (Å²) in [5.41, 5.74) is 0. The predicted molar refractivity (Wildman–Crippen MR) is 110 cm³/mol. The first-order chi connectivity index (χ1) is 11.8. The van der Waals surface area contributed by atoms with Gasteiger partial charge in [-0.3, -0.25) is 0 Å². The molecule has 0 fully saturated rings. The Morgan fingerprint density at radius 1 is 0.458 bits per heavy atom. The van der Waals surface area contributed by atoms with Crippen molar-refractivity contribution in [1.29, 1.82) is 0 Å². The zero-order valence-electron chi connectivity index (χ0n) is 17.2. The van der Waals surface area contributed by atoms with Crippen LogP contribution < -0.4 is 0 Å². The van der Waals surface area contributed by atoms with E-state index in [0.717, 1.165) is 12.8 Å². The van der Waals surface area contributed by atoms with Crippen molar-refractivity contribution in [3.05, 3.63) is 0 Å². The normalized spacial score (nSPS) is 12.6. The third-order valence-electron chi connectivity index (χ3n) is 5.36. The predicted octanol–water partition coefficient (Wildman–Crippen LogP) is 8.19. The molecule has 0 bridgehead atoms. The molecule has 0 radical (unpaired) electrons. The van der Waals surface area contributed by atoms with Crippen LogP contribution in [0.4, 0.5) is 0 Å². The maximum absolute atomic E-state index is 9.49. The molecule has 0 unspecified atom stereocenters. The smallest absolute Gasteiger partial charge is 0.0537 e. The topological polar surface area (TPSA) is 20.2 Å². The highest BCUT2D eigenvalue weighted by molar-refractivity contribution is 4.54. The first-order valence-corrected chi connectivity index (χ1v) is 11.5. The molecule has 0 aromatic carbocycles. The molecule has 24 heavy (non-hydrogen) atoms. The Balaban J connectivity index is 2.98. The van der Waals surface area contributed by atoms with Crippen LogP contribution in [0, 0.1) is 0 Å². The highest BCUT2D eigenvalue weighted by Crippen LogP contribution is 2.15. The fourth-order valence-electron chi connectivity index (χ4n) is 3.49. The van der Waals surface area contributed by atoms with Gasteiger partial charge in [0.25, 0.3) is 0 Å². The molecular weight excluding hydrogens is 292 g/mol. The fraction of sp³-hybridized carbons (Fsp3) is 1.00. The lowest BCUT2D eigenvalue weighted by molar-refractivity contribution is 0.156. The third-order valence-corrected chi connectivity index (χ3v) is 5.36. The highest BCUT2D eigenvalue weighted by atomic mass is 16.3. The molecule has 1 N–H and O–H groups in total. The number of aliphatic hydroxyl groups is 1. The van der Waals surface area contributed by atoms with Crippen LogP contribution in [0.3, 0.4) is 0 Å². The van der Waals surface area contributed by atoms with Gasteiger partial charge < -0.3 is 5.11 Å². The van der Waals surface area contributed by atoms with E-state index in [4.69, 9.17) is 0 Å². The van der Waals surface area contributed by atoms with Crippen LogP contribution in [-0.4, -0.2) is 11.2 Å². The van der Waals surface area contributed by atoms with E-state index in [1.807, 2.05) is 0 Å². The van der Waals surface area contributed by atoms with Crippen LogP contribution in [0.25, 0.3) is 0 Å². The van der Waals surface area contributed by atoms with E-state index in [1.165, 1.54) is 116 Å². The van der Waals surface area contributed by atoms with Gasteiger partial charge in [-0.05, 0) is 12.8 Å². The largest absolute Gasteiger partial charge is 0.393 e. The van der Waals surface area contributed by atoms with Gasteiger partial charge in [0.15, 0.2) is 0 Å². The molecule has 0 rings (SSSR count). The molecule has 0 aliphatic heterocycles. The van der Waals surface area contributed by atoms with Crippen LogP contribution >= 0.6 is 0 Å². The van der Waals surface area contributed by atoms with Gasteiger partial charge >= 0.3 is 0 Å². The van der Waals surface area contributed by atoms with Gasteiger partial charge in [-0.1, -0.05) is 129 Å². The van der Waals surface area contributed by atoms with E-state index in [-0.39, 0.29) is 6.10 Å². The van der Waals surface area contributed by atoms with Gasteiger partial charge in [0.05, 0.1) is 6.10 Å². The Hall–Kier alpha value is -0.0400. The summed E-state index contributed by atoms with van der Waals surface area (Å²) in [6.45, 7) is 4.36. The number of hydrogen-bond donors (Lipinski definition) is 1. The van der Waals surface area contributed by atoms with Crippen molar-refractivity contribution in [2.45, 2.75) is 148 Å². The van der Waals surface area contributed by atoms with Crippen LogP contribution in [0.1, 0.15) is 142 Å². The Morgan fingerprint density at radius 3 is 1.04 bits per heavy atom. The molecule has 0 heterocycles. The summed E-state index contributed by atoms with van der Waals surface area (Å²) >= 11 is 0. The first-order valence-electron chi connectivity index (χ1n) is 11.5. The molecule has 0 amide bonds.